The van der Waals surface area contributed by atoms with E-state index in [1.807, 2.05) is 66.6 Å². The summed E-state index contributed by atoms with van der Waals surface area (Å²) >= 11 is 6.27. The maximum absolute atomic E-state index is 14.7. The standard InChI is InChI=1S/C36H35BrN4O5S3/c1-3-46-36(43)33-24(2)28-22-27(12-13-32(28)48-33)49(44,45)41(16-14-25-8-10-26(23-38)11-9-25)31-7-5-4-6-30(31)39-17-19-40(20-18-39)35(42)34-29(37)15-21-47-34/h4-13,15,21-22,36,43H,3,14,16-20H2,1-2H3. The average Bonchev–Trinajstić information content (AvgIpc) is 3.70. The van der Waals surface area contributed by atoms with Crippen LogP contribution in [0.3, 0.4) is 0 Å². The van der Waals surface area contributed by atoms with Crippen LogP contribution >= 0.6 is 38.6 Å². The van der Waals surface area contributed by atoms with Gasteiger partial charge in [0.2, 0.25) is 0 Å². The molecule has 0 saturated carbocycles. The van der Waals surface area contributed by atoms with Crippen LogP contribution in [0.4, 0.5) is 11.4 Å². The number of para-hydroxylation sites is 2. The topological polar surface area (TPSA) is 114 Å². The molecule has 1 aliphatic heterocycles. The summed E-state index contributed by atoms with van der Waals surface area (Å²) in [6.45, 7) is 6.27. The predicted molar refractivity (Wildman–Crippen MR) is 199 cm³/mol. The number of carbonyl (C=O) groups is 1. The fourth-order valence-electron chi connectivity index (χ4n) is 6.01. The highest BCUT2D eigenvalue weighted by Crippen LogP contribution is 2.39. The lowest BCUT2D eigenvalue weighted by molar-refractivity contribution is -0.0958. The number of aliphatic hydroxyl groups excluding tert-OH is 1. The van der Waals surface area contributed by atoms with E-state index >= 15 is 0 Å². The molecule has 1 amide bonds. The molecule has 13 heteroatoms. The van der Waals surface area contributed by atoms with Gasteiger partial charge in [-0.1, -0.05) is 24.3 Å². The van der Waals surface area contributed by atoms with Gasteiger partial charge in [-0.2, -0.15) is 5.26 Å². The van der Waals surface area contributed by atoms with E-state index in [-0.39, 0.29) is 17.3 Å². The number of thiophene rings is 2. The summed E-state index contributed by atoms with van der Waals surface area (Å²) < 4.78 is 38.0. The van der Waals surface area contributed by atoms with E-state index < -0.39 is 16.3 Å². The molecule has 0 radical (unpaired) electrons. The normalized spacial score (nSPS) is 14.2. The molecule has 0 aliphatic carbocycles. The summed E-state index contributed by atoms with van der Waals surface area (Å²) in [5, 5.41) is 22.4. The molecule has 1 unspecified atom stereocenters. The summed E-state index contributed by atoms with van der Waals surface area (Å²) in [6.07, 6.45) is -0.664. The molecule has 0 spiro atoms. The Bertz CT molecular complexity index is 2120. The first-order valence-electron chi connectivity index (χ1n) is 15.8. The molecule has 1 saturated heterocycles. The van der Waals surface area contributed by atoms with E-state index in [1.54, 1.807) is 30.3 Å². The second-order valence-electron chi connectivity index (χ2n) is 11.6. The number of carbonyl (C=O) groups excluding carboxylic acids is 1. The van der Waals surface area contributed by atoms with Crippen LogP contribution in [-0.4, -0.2) is 63.7 Å². The second-order valence-corrected chi connectivity index (χ2v) is 16.3. The zero-order valence-electron chi connectivity index (χ0n) is 27.0. The number of nitrogens with zero attached hydrogens (tertiary/aromatic N) is 4. The molecule has 5 aromatic rings. The number of piperazine rings is 1. The lowest BCUT2D eigenvalue weighted by Crippen LogP contribution is -2.49. The van der Waals surface area contributed by atoms with Crippen LogP contribution in [0.1, 0.15) is 44.5 Å². The van der Waals surface area contributed by atoms with Crippen molar-refractivity contribution in [1.82, 2.24) is 4.90 Å². The van der Waals surface area contributed by atoms with Crippen molar-refractivity contribution in [2.75, 3.05) is 48.5 Å². The highest BCUT2D eigenvalue weighted by molar-refractivity contribution is 9.10. The number of halogens is 1. The van der Waals surface area contributed by atoms with Gasteiger partial charge in [-0.05, 0) is 107 Å². The number of aryl methyl sites for hydroxylation is 1. The van der Waals surface area contributed by atoms with Gasteiger partial charge in [-0.25, -0.2) is 8.42 Å². The largest absolute Gasteiger partial charge is 0.366 e. The quantitative estimate of drug-likeness (QED) is 0.140. The summed E-state index contributed by atoms with van der Waals surface area (Å²) in [6, 6.07) is 23.8. The number of fused-ring (bicyclic) bond motifs is 1. The molecule has 2 aromatic heterocycles. The molecule has 1 atom stereocenters. The molecule has 3 aromatic carbocycles. The van der Waals surface area contributed by atoms with E-state index in [4.69, 9.17) is 4.74 Å². The van der Waals surface area contributed by atoms with Crippen molar-refractivity contribution in [1.29, 1.82) is 5.26 Å². The summed E-state index contributed by atoms with van der Waals surface area (Å²) in [7, 11) is -4.09. The Labute approximate surface area is 302 Å². The first kappa shape index (κ1) is 35.1. The molecule has 1 N–H and O–H groups in total. The average molecular weight is 780 g/mol. The van der Waals surface area contributed by atoms with Gasteiger partial charge in [0, 0.05) is 48.5 Å². The van der Waals surface area contributed by atoms with Crippen molar-refractivity contribution in [3.63, 3.8) is 0 Å². The molecule has 6 rings (SSSR count). The number of nitriles is 1. The molecular weight excluding hydrogens is 745 g/mol. The smallest absolute Gasteiger partial charge is 0.265 e. The molecule has 1 aliphatic rings. The van der Waals surface area contributed by atoms with Crippen molar-refractivity contribution in [2.24, 2.45) is 0 Å². The maximum atomic E-state index is 14.7. The molecule has 49 heavy (non-hydrogen) atoms. The number of ether oxygens (including phenoxy) is 1. The van der Waals surface area contributed by atoms with Crippen molar-refractivity contribution in [3.8, 4) is 6.07 Å². The zero-order valence-corrected chi connectivity index (χ0v) is 31.0. The van der Waals surface area contributed by atoms with Gasteiger partial charge in [-0.3, -0.25) is 9.10 Å². The van der Waals surface area contributed by atoms with E-state index in [9.17, 15) is 23.6 Å². The van der Waals surface area contributed by atoms with Crippen molar-refractivity contribution in [3.05, 3.63) is 109 Å². The van der Waals surface area contributed by atoms with Crippen molar-refractivity contribution >= 4 is 76.0 Å². The Morgan fingerprint density at radius 1 is 1.08 bits per heavy atom. The number of benzene rings is 3. The third-order valence-electron chi connectivity index (χ3n) is 8.64. The number of rotatable bonds is 11. The van der Waals surface area contributed by atoms with Gasteiger partial charge in [0.05, 0.1) is 32.8 Å². The van der Waals surface area contributed by atoms with E-state index in [0.29, 0.717) is 60.2 Å². The lowest BCUT2D eigenvalue weighted by Gasteiger charge is -2.38. The summed E-state index contributed by atoms with van der Waals surface area (Å²) in [5.74, 6) is -0.0162. The van der Waals surface area contributed by atoms with E-state index in [1.165, 1.54) is 27.0 Å². The molecule has 254 valence electrons. The first-order chi connectivity index (χ1) is 23.6. The van der Waals surface area contributed by atoms with Crippen LogP contribution in [0.25, 0.3) is 10.1 Å². The Morgan fingerprint density at radius 3 is 2.49 bits per heavy atom. The number of sulfonamides is 1. The van der Waals surface area contributed by atoms with Crippen LogP contribution in [0.2, 0.25) is 0 Å². The minimum Gasteiger partial charge on any atom is -0.366 e. The monoisotopic (exact) mass is 778 g/mol. The molecule has 9 nitrogen and oxygen atoms in total. The van der Waals surface area contributed by atoms with E-state index in [0.717, 1.165) is 31.4 Å². The number of anilines is 2. The fourth-order valence-corrected chi connectivity index (χ4v) is 10.1. The number of hydrogen-bond donors (Lipinski definition) is 1. The zero-order chi connectivity index (χ0) is 34.7. The van der Waals surface area contributed by atoms with Gasteiger partial charge in [0.15, 0.2) is 6.29 Å². The van der Waals surface area contributed by atoms with Crippen LogP contribution in [-0.2, 0) is 21.2 Å². The first-order valence-corrected chi connectivity index (χ1v) is 19.8. The van der Waals surface area contributed by atoms with Crippen molar-refractivity contribution < 1.29 is 23.1 Å². The third kappa shape index (κ3) is 7.26. The van der Waals surface area contributed by atoms with Crippen LogP contribution in [0.5, 0.6) is 0 Å². The highest BCUT2D eigenvalue weighted by Gasteiger charge is 2.31. The molecular formula is C36H35BrN4O5S3. The summed E-state index contributed by atoms with van der Waals surface area (Å²) in [5.41, 5.74) is 3.54. The van der Waals surface area contributed by atoms with Crippen LogP contribution < -0.4 is 9.21 Å². The van der Waals surface area contributed by atoms with Gasteiger partial charge >= 0.3 is 0 Å². The van der Waals surface area contributed by atoms with E-state index in [2.05, 4.69) is 26.9 Å². The third-order valence-corrected chi connectivity index (χ3v) is 13.6. The Balaban J connectivity index is 1.34. The highest BCUT2D eigenvalue weighted by atomic mass is 79.9. The molecule has 3 heterocycles. The Morgan fingerprint density at radius 2 is 1.82 bits per heavy atom. The lowest BCUT2D eigenvalue weighted by atomic mass is 10.1. The SMILES string of the molecule is CCOC(O)c1sc2ccc(S(=O)(=O)N(CCc3ccc(C#N)cc3)c3ccccc3N3CCN(C(=O)c4sccc4Br)CC3)cc2c1C. The fraction of sp³-hybridized carbons (Fsp3) is 0.278. The Kier molecular flexibility index (Phi) is 10.7. The summed E-state index contributed by atoms with van der Waals surface area (Å²) in [4.78, 5) is 18.6. The van der Waals surface area contributed by atoms with Gasteiger partial charge in [0.25, 0.3) is 15.9 Å². The van der Waals surface area contributed by atoms with Crippen LogP contribution in [0, 0.1) is 18.3 Å². The number of aliphatic hydroxyl groups is 1. The second kappa shape index (κ2) is 15.0. The van der Waals surface area contributed by atoms with Crippen LogP contribution in [0.15, 0.2) is 87.5 Å². The molecule has 1 fully saturated rings. The van der Waals surface area contributed by atoms with Gasteiger partial charge in [-0.15, -0.1) is 22.7 Å². The Hall–Kier alpha value is -3.77. The molecule has 0 bridgehead atoms. The van der Waals surface area contributed by atoms with Gasteiger partial charge < -0.3 is 19.6 Å². The minimum atomic E-state index is -4.09. The number of hydrogen-bond acceptors (Lipinski definition) is 9. The predicted octanol–water partition coefficient (Wildman–Crippen LogP) is 7.33. The number of amides is 1. The van der Waals surface area contributed by atoms with Gasteiger partial charge in [0.1, 0.15) is 4.88 Å². The maximum Gasteiger partial charge on any atom is 0.265 e. The van der Waals surface area contributed by atoms with Crippen molar-refractivity contribution in [2.45, 2.75) is 31.5 Å². The minimum absolute atomic E-state index is 0.0162.